The monoisotopic (exact) mass is 838 g/mol. The molecule has 1 saturated carbocycles. The van der Waals surface area contributed by atoms with Crippen LogP contribution in [0.2, 0.25) is 0 Å². The van der Waals surface area contributed by atoms with E-state index in [-0.39, 0.29) is 0 Å². The number of fused-ring (bicyclic) bond motifs is 4. The van der Waals surface area contributed by atoms with E-state index in [1.54, 1.807) is 16.7 Å². The fraction of sp³-hybridized carbons (Fsp3) is 0.143. The van der Waals surface area contributed by atoms with E-state index in [2.05, 4.69) is 216 Å². The first-order valence-electron chi connectivity index (χ1n) is 23.6. The fourth-order valence-corrected chi connectivity index (χ4v) is 10.6. The van der Waals surface area contributed by atoms with E-state index in [0.717, 1.165) is 48.4 Å². The number of aromatic nitrogens is 1. The van der Waals surface area contributed by atoms with Crippen molar-refractivity contribution in [1.29, 1.82) is 0 Å². The van der Waals surface area contributed by atoms with E-state index in [1.165, 1.54) is 98.4 Å². The molecule has 0 unspecified atom stereocenters. The maximum atomic E-state index is 4.77. The van der Waals surface area contributed by atoms with E-state index >= 15 is 0 Å². The SMILES string of the molecule is C=C1CCCCC/C(c2ccccc2)=C2/CCCCC2=C1c1ccc(-c2ccc(N(c3ccc(-c4ccccc4)cc3)c3ccc(-n4c5ccccc5c5ccccc54)cc3)cc2)cc1. The van der Waals surface area contributed by atoms with Crippen molar-refractivity contribution in [2.75, 3.05) is 4.90 Å². The Bertz CT molecular complexity index is 3130. The predicted molar refractivity (Wildman–Crippen MR) is 277 cm³/mol. The quantitative estimate of drug-likeness (QED) is 0.148. The molecule has 9 aromatic rings. The Morgan fingerprint density at radius 1 is 0.323 bits per heavy atom. The summed E-state index contributed by atoms with van der Waals surface area (Å²) in [4.78, 5) is 2.37. The van der Waals surface area contributed by atoms with Crippen molar-refractivity contribution in [2.45, 2.75) is 57.8 Å². The summed E-state index contributed by atoms with van der Waals surface area (Å²) >= 11 is 0. The van der Waals surface area contributed by atoms with Crippen molar-refractivity contribution < 1.29 is 0 Å². The zero-order valence-electron chi connectivity index (χ0n) is 37.1. The molecule has 0 N–H and O–H groups in total. The van der Waals surface area contributed by atoms with Gasteiger partial charge in [0.1, 0.15) is 0 Å². The molecule has 1 fully saturated rings. The van der Waals surface area contributed by atoms with Gasteiger partial charge in [-0.05, 0) is 173 Å². The Morgan fingerprint density at radius 3 is 1.29 bits per heavy atom. The summed E-state index contributed by atoms with van der Waals surface area (Å²) in [6.45, 7) is 4.77. The average Bonchev–Trinajstić information content (AvgIpc) is 3.71. The third kappa shape index (κ3) is 7.95. The van der Waals surface area contributed by atoms with Crippen molar-refractivity contribution in [3.05, 3.63) is 241 Å². The second-order valence-electron chi connectivity index (χ2n) is 17.8. The van der Waals surface area contributed by atoms with E-state index in [9.17, 15) is 0 Å². The van der Waals surface area contributed by atoms with Gasteiger partial charge in [-0.1, -0.05) is 159 Å². The van der Waals surface area contributed by atoms with Gasteiger partial charge in [-0.2, -0.15) is 0 Å². The molecule has 0 radical (unpaired) electrons. The molecule has 11 rings (SSSR count). The molecule has 2 aliphatic rings. The summed E-state index contributed by atoms with van der Waals surface area (Å²) < 4.78 is 2.38. The standard InChI is InChI=1S/C63H54N2/c1-45-17-5-2-10-22-56(50-20-8-4-9-21-50)57-23-11-12-26-60(57)63(45)51-31-29-47(30-32-51)49-35-39-53(40-36-49)64(52-37-33-48(34-38-52)46-18-6-3-7-19-46)54-41-43-55(44-42-54)65-61-27-15-13-24-58(61)59-25-14-16-28-62(59)65/h3-4,6-9,13-16,18-21,24-25,27-44H,1-2,5,10-12,17,22-23,26H2/b57-56+,63-60?. The van der Waals surface area contributed by atoms with Gasteiger partial charge in [0.15, 0.2) is 0 Å². The fourth-order valence-electron chi connectivity index (χ4n) is 10.6. The lowest BCUT2D eigenvalue weighted by atomic mass is 9.76. The Kier molecular flexibility index (Phi) is 11.2. The van der Waals surface area contributed by atoms with Crippen LogP contribution >= 0.6 is 0 Å². The molecule has 0 spiro atoms. The first-order valence-corrected chi connectivity index (χ1v) is 23.6. The third-order valence-electron chi connectivity index (χ3n) is 13.8. The minimum Gasteiger partial charge on any atom is -0.311 e. The Labute approximate surface area is 384 Å². The molecule has 0 bridgehead atoms. The number of para-hydroxylation sites is 2. The van der Waals surface area contributed by atoms with Gasteiger partial charge in [0.25, 0.3) is 0 Å². The van der Waals surface area contributed by atoms with Crippen LogP contribution in [0.15, 0.2) is 230 Å². The molecule has 0 saturated heterocycles. The smallest absolute Gasteiger partial charge is 0.0541 e. The largest absolute Gasteiger partial charge is 0.311 e. The molecule has 0 amide bonds. The molecule has 0 atom stereocenters. The van der Waals surface area contributed by atoms with Gasteiger partial charge < -0.3 is 9.47 Å². The van der Waals surface area contributed by atoms with Gasteiger partial charge in [0, 0.05) is 33.5 Å². The van der Waals surface area contributed by atoms with Gasteiger partial charge in [0.2, 0.25) is 0 Å². The van der Waals surface area contributed by atoms with Crippen LogP contribution in [0.25, 0.3) is 60.9 Å². The van der Waals surface area contributed by atoms with E-state index < -0.39 is 0 Å². The van der Waals surface area contributed by atoms with Crippen LogP contribution in [0.4, 0.5) is 17.1 Å². The van der Waals surface area contributed by atoms with Gasteiger partial charge in [0.05, 0.1) is 11.0 Å². The van der Waals surface area contributed by atoms with Crippen molar-refractivity contribution in [3.8, 4) is 27.9 Å². The number of anilines is 3. The highest BCUT2D eigenvalue weighted by molar-refractivity contribution is 6.09. The topological polar surface area (TPSA) is 8.17 Å². The molecule has 2 aliphatic carbocycles. The lowest BCUT2D eigenvalue weighted by molar-refractivity contribution is 0.662. The van der Waals surface area contributed by atoms with Gasteiger partial charge in [-0.3, -0.25) is 0 Å². The maximum absolute atomic E-state index is 4.77. The van der Waals surface area contributed by atoms with Crippen molar-refractivity contribution in [3.63, 3.8) is 0 Å². The third-order valence-corrected chi connectivity index (χ3v) is 13.8. The average molecular weight is 839 g/mol. The first kappa shape index (κ1) is 40.4. The zero-order valence-corrected chi connectivity index (χ0v) is 37.1. The molecular formula is C63H54N2. The lowest BCUT2D eigenvalue weighted by Crippen LogP contribution is -2.10. The number of nitrogens with zero attached hydrogens (tertiary/aromatic N) is 2. The number of hydrogen-bond donors (Lipinski definition) is 0. The highest BCUT2D eigenvalue weighted by atomic mass is 15.1. The number of allylic oxidation sites excluding steroid dienone is 5. The molecular weight excluding hydrogens is 785 g/mol. The number of rotatable bonds is 8. The van der Waals surface area contributed by atoms with Crippen LogP contribution in [0.5, 0.6) is 0 Å². The van der Waals surface area contributed by atoms with Crippen LogP contribution < -0.4 is 4.90 Å². The highest BCUT2D eigenvalue weighted by Crippen LogP contribution is 2.45. The second-order valence-corrected chi connectivity index (χ2v) is 17.8. The van der Waals surface area contributed by atoms with Crippen molar-refractivity contribution in [1.82, 2.24) is 4.57 Å². The molecule has 1 heterocycles. The maximum Gasteiger partial charge on any atom is 0.0541 e. The van der Waals surface area contributed by atoms with Crippen LogP contribution in [-0.2, 0) is 0 Å². The van der Waals surface area contributed by atoms with E-state index in [1.807, 2.05) is 0 Å². The Balaban J connectivity index is 0.942. The first-order chi connectivity index (χ1) is 32.2. The number of hydrogen-bond acceptors (Lipinski definition) is 1. The highest BCUT2D eigenvalue weighted by Gasteiger charge is 2.24. The summed E-state index contributed by atoms with van der Waals surface area (Å²) in [5.74, 6) is 0. The summed E-state index contributed by atoms with van der Waals surface area (Å²) in [5, 5.41) is 2.53. The Hall–Kier alpha value is -7.42. The van der Waals surface area contributed by atoms with E-state index in [0.29, 0.717) is 0 Å². The molecule has 2 heteroatoms. The molecule has 1 aromatic heterocycles. The van der Waals surface area contributed by atoms with Gasteiger partial charge >= 0.3 is 0 Å². The second kappa shape index (κ2) is 18.0. The van der Waals surface area contributed by atoms with Gasteiger partial charge in [-0.15, -0.1) is 0 Å². The lowest BCUT2D eigenvalue weighted by Gasteiger charge is -2.28. The molecule has 65 heavy (non-hydrogen) atoms. The van der Waals surface area contributed by atoms with E-state index in [4.69, 9.17) is 6.58 Å². The Morgan fingerprint density at radius 2 is 0.723 bits per heavy atom. The normalized spacial score (nSPS) is 15.8. The predicted octanol–water partition coefficient (Wildman–Crippen LogP) is 17.9. The zero-order chi connectivity index (χ0) is 43.5. The summed E-state index contributed by atoms with van der Waals surface area (Å²) in [6, 6.07) is 75.7. The van der Waals surface area contributed by atoms with Crippen LogP contribution in [0.1, 0.15) is 68.9 Å². The molecule has 8 aromatic carbocycles. The summed E-state index contributed by atoms with van der Waals surface area (Å²) in [7, 11) is 0. The van der Waals surface area contributed by atoms with Crippen molar-refractivity contribution >= 4 is 50.0 Å². The minimum absolute atomic E-state index is 1.06. The van der Waals surface area contributed by atoms with Crippen LogP contribution in [0.3, 0.4) is 0 Å². The van der Waals surface area contributed by atoms with Crippen LogP contribution in [0, 0.1) is 0 Å². The molecule has 2 nitrogen and oxygen atoms in total. The number of benzene rings is 8. The summed E-state index contributed by atoms with van der Waals surface area (Å²) in [5.41, 5.74) is 21.8. The van der Waals surface area contributed by atoms with Crippen molar-refractivity contribution in [2.24, 2.45) is 0 Å². The molecule has 0 aliphatic heterocycles. The molecule has 316 valence electrons. The van der Waals surface area contributed by atoms with Gasteiger partial charge in [-0.25, -0.2) is 0 Å². The summed E-state index contributed by atoms with van der Waals surface area (Å²) in [6.07, 6.45) is 10.7. The van der Waals surface area contributed by atoms with Crippen LogP contribution in [-0.4, -0.2) is 4.57 Å². The minimum atomic E-state index is 1.06.